The van der Waals surface area contributed by atoms with Crippen LogP contribution in [0, 0.1) is 0 Å². The first kappa shape index (κ1) is 28.7. The van der Waals surface area contributed by atoms with Gasteiger partial charge in [-0.05, 0) is 56.5 Å². The van der Waals surface area contributed by atoms with E-state index in [-0.39, 0.29) is 47.2 Å². The van der Waals surface area contributed by atoms with Crippen LogP contribution >= 0.6 is 11.6 Å². The molecule has 1 amide bonds. The summed E-state index contributed by atoms with van der Waals surface area (Å²) in [4.78, 5) is 12.9. The second kappa shape index (κ2) is 13.4. The van der Waals surface area contributed by atoms with Gasteiger partial charge in [0.1, 0.15) is 5.75 Å². The number of allylic oxidation sites excluding steroid dienone is 5. The standard InChI is InChI=1S/C24H31ClF3NO4/c1-6-15(3)20(24(26,27)28)8-9-21(16(4)7-2)29-23(31)19-13-18(25)12-17(22(19)30)14-33-11-10-32-5/h8-9,12-13,30H,6-7,10-11,14H2,1-5H3,(H,29,31)/b9-8-,20-15-,21-16-. The molecule has 2 N–H and O–H groups in total. The summed E-state index contributed by atoms with van der Waals surface area (Å²) in [6.07, 6.45) is -1.59. The third-order valence-electron chi connectivity index (χ3n) is 5.04. The predicted molar refractivity (Wildman–Crippen MR) is 123 cm³/mol. The van der Waals surface area contributed by atoms with Crippen LogP contribution in [0.15, 0.2) is 46.7 Å². The topological polar surface area (TPSA) is 67.8 Å². The van der Waals surface area contributed by atoms with Crippen LogP contribution in [-0.2, 0) is 16.1 Å². The molecule has 0 aromatic heterocycles. The molecule has 9 heteroatoms. The Morgan fingerprint density at radius 3 is 2.30 bits per heavy atom. The third-order valence-corrected chi connectivity index (χ3v) is 5.26. The minimum absolute atomic E-state index is 0.00263. The molecule has 0 atom stereocenters. The maximum atomic E-state index is 13.4. The number of phenolic OH excluding ortho intramolecular Hbond substituents is 1. The molecule has 0 unspecified atom stereocenters. The lowest BCUT2D eigenvalue weighted by Crippen LogP contribution is -2.23. The van der Waals surface area contributed by atoms with Crippen molar-refractivity contribution in [1.29, 1.82) is 0 Å². The van der Waals surface area contributed by atoms with Crippen LogP contribution in [0.4, 0.5) is 13.2 Å². The fourth-order valence-corrected chi connectivity index (χ4v) is 3.01. The first-order valence-corrected chi connectivity index (χ1v) is 10.9. The highest BCUT2D eigenvalue weighted by Crippen LogP contribution is 2.31. The van der Waals surface area contributed by atoms with Gasteiger partial charge in [-0.25, -0.2) is 0 Å². The minimum atomic E-state index is -4.52. The smallest absolute Gasteiger partial charge is 0.416 e. The van der Waals surface area contributed by atoms with Gasteiger partial charge >= 0.3 is 6.18 Å². The van der Waals surface area contributed by atoms with Crippen molar-refractivity contribution in [3.63, 3.8) is 0 Å². The van der Waals surface area contributed by atoms with E-state index in [1.807, 2.05) is 6.92 Å². The van der Waals surface area contributed by atoms with Crippen LogP contribution in [0.3, 0.4) is 0 Å². The number of benzene rings is 1. The van der Waals surface area contributed by atoms with Crippen molar-refractivity contribution >= 4 is 17.5 Å². The van der Waals surface area contributed by atoms with Crippen LogP contribution < -0.4 is 5.32 Å². The highest BCUT2D eigenvalue weighted by atomic mass is 35.5. The van der Waals surface area contributed by atoms with Crippen LogP contribution in [0.5, 0.6) is 5.75 Å². The number of hydrogen-bond acceptors (Lipinski definition) is 4. The van der Waals surface area contributed by atoms with Crippen molar-refractivity contribution in [2.45, 2.75) is 53.3 Å². The van der Waals surface area contributed by atoms with Crippen molar-refractivity contribution in [2.75, 3.05) is 20.3 Å². The summed E-state index contributed by atoms with van der Waals surface area (Å²) >= 11 is 6.11. The number of carbonyl (C=O) groups is 1. The molecule has 0 bridgehead atoms. The molecule has 5 nitrogen and oxygen atoms in total. The van der Waals surface area contributed by atoms with E-state index in [2.05, 4.69) is 5.32 Å². The molecule has 33 heavy (non-hydrogen) atoms. The normalized spacial score (nSPS) is 13.7. The third kappa shape index (κ3) is 8.87. The zero-order valence-electron chi connectivity index (χ0n) is 19.5. The molecule has 0 fully saturated rings. The molecule has 0 heterocycles. The summed E-state index contributed by atoms with van der Waals surface area (Å²) in [5, 5.41) is 13.4. The average molecular weight is 490 g/mol. The minimum Gasteiger partial charge on any atom is -0.507 e. The van der Waals surface area contributed by atoms with Crippen LogP contribution in [0.1, 0.15) is 56.5 Å². The maximum absolute atomic E-state index is 13.4. The molecule has 0 aliphatic rings. The van der Waals surface area contributed by atoms with E-state index in [0.29, 0.717) is 24.2 Å². The van der Waals surface area contributed by atoms with E-state index in [1.54, 1.807) is 13.8 Å². The zero-order chi connectivity index (χ0) is 25.2. The Kier molecular flexibility index (Phi) is 11.7. The van der Waals surface area contributed by atoms with Gasteiger partial charge in [-0.2, -0.15) is 13.2 Å². The van der Waals surface area contributed by atoms with Gasteiger partial charge in [-0.3, -0.25) is 4.79 Å². The highest BCUT2D eigenvalue weighted by Gasteiger charge is 2.33. The number of ether oxygens (including phenoxy) is 2. The molecule has 0 saturated heterocycles. The first-order valence-electron chi connectivity index (χ1n) is 10.5. The van der Waals surface area contributed by atoms with Gasteiger partial charge in [0.25, 0.3) is 5.91 Å². The summed E-state index contributed by atoms with van der Waals surface area (Å²) in [6.45, 7) is 7.23. The molecule has 0 spiro atoms. The monoisotopic (exact) mass is 489 g/mol. The summed E-state index contributed by atoms with van der Waals surface area (Å²) in [6, 6.07) is 2.76. The number of methoxy groups -OCH3 is 1. The highest BCUT2D eigenvalue weighted by molar-refractivity contribution is 6.31. The van der Waals surface area contributed by atoms with Crippen LogP contribution in [0.2, 0.25) is 5.02 Å². The molecular formula is C24H31ClF3NO4. The Morgan fingerprint density at radius 2 is 1.76 bits per heavy atom. The average Bonchev–Trinajstić information content (AvgIpc) is 2.76. The van der Waals surface area contributed by atoms with Gasteiger partial charge in [-0.1, -0.05) is 31.0 Å². The number of carbonyl (C=O) groups excluding carboxylic acids is 1. The van der Waals surface area contributed by atoms with E-state index in [0.717, 1.165) is 6.08 Å². The SMILES string of the molecule is CC/C(C)=C(/C=C\C(=C(/C)CC)C(F)(F)F)NC(=O)c1cc(Cl)cc(COCCOC)c1O. The van der Waals surface area contributed by atoms with Crippen molar-refractivity contribution in [1.82, 2.24) is 5.32 Å². The zero-order valence-corrected chi connectivity index (χ0v) is 20.3. The van der Waals surface area contributed by atoms with E-state index in [1.165, 1.54) is 32.2 Å². The molecule has 0 aliphatic carbocycles. The largest absolute Gasteiger partial charge is 0.507 e. The lowest BCUT2D eigenvalue weighted by molar-refractivity contribution is -0.0890. The Balaban J connectivity index is 3.25. The number of alkyl halides is 3. The fourth-order valence-electron chi connectivity index (χ4n) is 2.77. The Morgan fingerprint density at radius 1 is 1.12 bits per heavy atom. The van der Waals surface area contributed by atoms with Crippen molar-refractivity contribution in [3.8, 4) is 5.75 Å². The second-order valence-corrected chi connectivity index (χ2v) is 7.82. The molecule has 0 aliphatic heterocycles. The predicted octanol–water partition coefficient (Wildman–Crippen LogP) is 6.47. The number of nitrogens with one attached hydrogen (secondary N) is 1. The van der Waals surface area contributed by atoms with Gasteiger partial charge in [0.05, 0.1) is 31.0 Å². The Labute approximate surface area is 197 Å². The Hall–Kier alpha value is -2.29. The first-order chi connectivity index (χ1) is 15.5. The summed E-state index contributed by atoms with van der Waals surface area (Å²) in [5.41, 5.74) is 0.494. The number of phenols is 1. The lowest BCUT2D eigenvalue weighted by Gasteiger charge is -2.15. The van der Waals surface area contributed by atoms with Gasteiger partial charge in [0.15, 0.2) is 0 Å². The number of aromatic hydroxyl groups is 1. The quantitative estimate of drug-likeness (QED) is 0.276. The van der Waals surface area contributed by atoms with Gasteiger partial charge in [-0.15, -0.1) is 0 Å². The van der Waals surface area contributed by atoms with Gasteiger partial charge < -0.3 is 19.9 Å². The summed E-state index contributed by atoms with van der Waals surface area (Å²) in [7, 11) is 1.53. The number of hydrogen-bond donors (Lipinski definition) is 2. The maximum Gasteiger partial charge on any atom is 0.416 e. The molecule has 0 saturated carbocycles. The Bertz CT molecular complexity index is 921. The molecule has 1 aromatic carbocycles. The molecule has 184 valence electrons. The van der Waals surface area contributed by atoms with E-state index in [4.69, 9.17) is 21.1 Å². The van der Waals surface area contributed by atoms with Crippen LogP contribution in [-0.4, -0.2) is 37.5 Å². The van der Waals surface area contributed by atoms with Gasteiger partial charge in [0.2, 0.25) is 0 Å². The molecule has 1 rings (SSSR count). The summed E-state index contributed by atoms with van der Waals surface area (Å²) in [5.74, 6) is -1.02. The molecule has 0 radical (unpaired) electrons. The van der Waals surface area contributed by atoms with Crippen LogP contribution in [0.25, 0.3) is 0 Å². The van der Waals surface area contributed by atoms with Crippen molar-refractivity contribution < 1.29 is 32.5 Å². The van der Waals surface area contributed by atoms with E-state index in [9.17, 15) is 23.1 Å². The lowest BCUT2D eigenvalue weighted by atomic mass is 10.0. The van der Waals surface area contributed by atoms with E-state index < -0.39 is 17.7 Å². The molecular weight excluding hydrogens is 459 g/mol. The van der Waals surface area contributed by atoms with Crippen molar-refractivity contribution in [2.24, 2.45) is 0 Å². The van der Waals surface area contributed by atoms with Gasteiger partial charge in [0, 0.05) is 23.4 Å². The second-order valence-electron chi connectivity index (χ2n) is 7.39. The fraction of sp³-hybridized carbons (Fsp3) is 0.458. The number of amides is 1. The molecule has 1 aromatic rings. The number of rotatable bonds is 11. The van der Waals surface area contributed by atoms with Crippen molar-refractivity contribution in [3.05, 3.63) is 62.9 Å². The van der Waals surface area contributed by atoms with E-state index >= 15 is 0 Å². The number of halogens is 4. The summed E-state index contributed by atoms with van der Waals surface area (Å²) < 4.78 is 50.6.